The first kappa shape index (κ1) is 12.0. The van der Waals surface area contributed by atoms with Crippen molar-refractivity contribution in [3.05, 3.63) is 66.2 Å². The molecule has 2 aromatic carbocycles. The average molecular weight is 239 g/mol. The first-order chi connectivity index (χ1) is 8.81. The van der Waals surface area contributed by atoms with Crippen LogP contribution in [0.4, 0.5) is 5.69 Å². The summed E-state index contributed by atoms with van der Waals surface area (Å²) >= 11 is 0. The highest BCUT2D eigenvalue weighted by Gasteiger charge is 2.14. The summed E-state index contributed by atoms with van der Waals surface area (Å²) in [4.78, 5) is 24.2. The van der Waals surface area contributed by atoms with Crippen LogP contribution in [0.2, 0.25) is 0 Å². The molecular weight excluding hydrogens is 226 g/mol. The van der Waals surface area contributed by atoms with Gasteiger partial charge in [-0.05, 0) is 17.7 Å². The molecule has 0 atom stereocenters. The molecule has 0 unspecified atom stereocenters. The van der Waals surface area contributed by atoms with Gasteiger partial charge in [-0.1, -0.05) is 48.5 Å². The Balaban J connectivity index is 2.14. The second-order valence-corrected chi connectivity index (χ2v) is 3.87. The number of carbonyl (C=O) groups excluding carboxylic acids is 2. The Labute approximate surface area is 106 Å². The van der Waals surface area contributed by atoms with Gasteiger partial charge in [0.2, 0.25) is 12.3 Å². The van der Waals surface area contributed by atoms with Crippen LogP contribution >= 0.6 is 0 Å². The van der Waals surface area contributed by atoms with Crippen molar-refractivity contribution in [1.82, 2.24) is 0 Å². The minimum absolute atomic E-state index is 0.217. The standard InChI is InChI=1S/C15H13NO2/c17-12-16(14-9-5-2-6-10-14)15(18)11-13-7-3-1-4-8-13/h1-10,12H,11H2. The lowest BCUT2D eigenvalue weighted by Crippen LogP contribution is -2.30. The summed E-state index contributed by atoms with van der Waals surface area (Å²) in [5.74, 6) is -0.234. The third kappa shape index (κ3) is 2.83. The van der Waals surface area contributed by atoms with Crippen LogP contribution in [0.5, 0.6) is 0 Å². The number of carbonyl (C=O) groups is 2. The molecule has 3 heteroatoms. The van der Waals surface area contributed by atoms with Gasteiger partial charge in [-0.25, -0.2) is 0 Å². The van der Waals surface area contributed by atoms with Crippen LogP contribution < -0.4 is 4.90 Å². The van der Waals surface area contributed by atoms with Crippen molar-refractivity contribution in [3.8, 4) is 0 Å². The SMILES string of the molecule is O=CN(C(=O)Cc1ccccc1)c1ccccc1. The van der Waals surface area contributed by atoms with Crippen LogP contribution in [0, 0.1) is 0 Å². The van der Waals surface area contributed by atoms with E-state index in [1.807, 2.05) is 36.4 Å². The van der Waals surface area contributed by atoms with Gasteiger partial charge >= 0.3 is 0 Å². The van der Waals surface area contributed by atoms with Crippen LogP contribution in [0.1, 0.15) is 5.56 Å². The highest BCUT2D eigenvalue weighted by molar-refractivity contribution is 6.07. The summed E-state index contributed by atoms with van der Waals surface area (Å²) in [6.07, 6.45) is 0.773. The molecule has 2 amide bonds. The lowest BCUT2D eigenvalue weighted by molar-refractivity contribution is -0.121. The molecule has 0 radical (unpaired) electrons. The Morgan fingerprint density at radius 2 is 1.50 bits per heavy atom. The van der Waals surface area contributed by atoms with Crippen LogP contribution in [-0.4, -0.2) is 12.3 Å². The van der Waals surface area contributed by atoms with Crippen molar-refractivity contribution in [1.29, 1.82) is 0 Å². The third-order valence-corrected chi connectivity index (χ3v) is 2.61. The quantitative estimate of drug-likeness (QED) is 0.768. The normalized spacial score (nSPS) is 9.78. The van der Waals surface area contributed by atoms with E-state index in [4.69, 9.17) is 0 Å². The Morgan fingerprint density at radius 1 is 0.944 bits per heavy atom. The summed E-state index contributed by atoms with van der Waals surface area (Å²) in [6.45, 7) is 0. The van der Waals surface area contributed by atoms with Crippen molar-refractivity contribution in [2.45, 2.75) is 6.42 Å². The third-order valence-electron chi connectivity index (χ3n) is 2.61. The molecule has 0 fully saturated rings. The fourth-order valence-electron chi connectivity index (χ4n) is 1.71. The molecule has 0 aromatic heterocycles. The monoisotopic (exact) mass is 239 g/mol. The van der Waals surface area contributed by atoms with Gasteiger partial charge in [0.15, 0.2) is 0 Å². The number of imide groups is 1. The molecule has 0 aliphatic carbocycles. The summed E-state index contributed by atoms with van der Waals surface area (Å²) in [7, 11) is 0. The number of rotatable bonds is 4. The molecule has 0 saturated carbocycles. The van der Waals surface area contributed by atoms with Crippen LogP contribution in [0.25, 0.3) is 0 Å². The molecule has 18 heavy (non-hydrogen) atoms. The first-order valence-electron chi connectivity index (χ1n) is 5.67. The Morgan fingerprint density at radius 3 is 2.06 bits per heavy atom. The number of hydrogen-bond acceptors (Lipinski definition) is 2. The van der Waals surface area contributed by atoms with Crippen LogP contribution in [-0.2, 0) is 16.0 Å². The van der Waals surface area contributed by atoms with E-state index in [1.165, 1.54) is 0 Å². The van der Waals surface area contributed by atoms with E-state index in [0.29, 0.717) is 12.1 Å². The summed E-state index contributed by atoms with van der Waals surface area (Å²) in [6, 6.07) is 18.3. The predicted molar refractivity (Wildman–Crippen MR) is 70.1 cm³/mol. The summed E-state index contributed by atoms with van der Waals surface area (Å²) < 4.78 is 0. The Bertz CT molecular complexity index is 523. The number of anilines is 1. The Hall–Kier alpha value is -2.42. The number of hydrogen-bond donors (Lipinski definition) is 0. The Kier molecular flexibility index (Phi) is 3.86. The van der Waals surface area contributed by atoms with E-state index in [9.17, 15) is 9.59 Å². The second-order valence-electron chi connectivity index (χ2n) is 3.87. The number of para-hydroxylation sites is 1. The van der Waals surface area contributed by atoms with E-state index in [1.54, 1.807) is 24.3 Å². The van der Waals surface area contributed by atoms with Gasteiger partial charge in [0, 0.05) is 0 Å². The number of amides is 2. The molecule has 0 saturated heterocycles. The smallest absolute Gasteiger partial charge is 0.237 e. The maximum absolute atomic E-state index is 12.0. The van der Waals surface area contributed by atoms with Gasteiger partial charge in [-0.3, -0.25) is 14.5 Å². The topological polar surface area (TPSA) is 37.4 Å². The lowest BCUT2D eigenvalue weighted by Gasteiger charge is -2.15. The van der Waals surface area contributed by atoms with Crippen molar-refractivity contribution >= 4 is 18.0 Å². The largest absolute Gasteiger partial charge is 0.278 e. The minimum atomic E-state index is -0.234. The van der Waals surface area contributed by atoms with E-state index >= 15 is 0 Å². The zero-order chi connectivity index (χ0) is 12.8. The second kappa shape index (κ2) is 5.77. The molecule has 0 heterocycles. The number of nitrogens with zero attached hydrogens (tertiary/aromatic N) is 1. The van der Waals surface area contributed by atoms with Gasteiger partial charge in [-0.15, -0.1) is 0 Å². The molecule has 0 spiro atoms. The molecule has 0 N–H and O–H groups in total. The maximum Gasteiger partial charge on any atom is 0.237 e. The highest BCUT2D eigenvalue weighted by atomic mass is 16.2. The van der Waals surface area contributed by atoms with E-state index in [0.717, 1.165) is 10.5 Å². The van der Waals surface area contributed by atoms with Crippen molar-refractivity contribution in [2.75, 3.05) is 4.90 Å². The summed E-state index contributed by atoms with van der Waals surface area (Å²) in [5, 5.41) is 0. The van der Waals surface area contributed by atoms with E-state index in [-0.39, 0.29) is 12.3 Å². The molecule has 0 aliphatic rings. The zero-order valence-corrected chi connectivity index (χ0v) is 9.82. The molecule has 90 valence electrons. The molecule has 0 aliphatic heterocycles. The predicted octanol–water partition coefficient (Wildman–Crippen LogP) is 2.42. The van der Waals surface area contributed by atoms with Gasteiger partial charge in [0.25, 0.3) is 0 Å². The number of benzene rings is 2. The molecule has 2 rings (SSSR count). The molecule has 3 nitrogen and oxygen atoms in total. The van der Waals surface area contributed by atoms with E-state index in [2.05, 4.69) is 0 Å². The van der Waals surface area contributed by atoms with Crippen molar-refractivity contribution < 1.29 is 9.59 Å². The molecule has 0 bridgehead atoms. The minimum Gasteiger partial charge on any atom is -0.278 e. The molecular formula is C15H13NO2. The highest BCUT2D eigenvalue weighted by Crippen LogP contribution is 2.13. The van der Waals surface area contributed by atoms with E-state index < -0.39 is 0 Å². The van der Waals surface area contributed by atoms with Gasteiger partial charge in [-0.2, -0.15) is 0 Å². The van der Waals surface area contributed by atoms with Gasteiger partial charge in [0.1, 0.15) is 0 Å². The lowest BCUT2D eigenvalue weighted by atomic mass is 10.1. The first-order valence-corrected chi connectivity index (χ1v) is 5.67. The fraction of sp³-hybridized carbons (Fsp3) is 0.0667. The van der Waals surface area contributed by atoms with Crippen LogP contribution in [0.3, 0.4) is 0 Å². The van der Waals surface area contributed by atoms with Gasteiger partial charge in [0.05, 0.1) is 12.1 Å². The van der Waals surface area contributed by atoms with Crippen molar-refractivity contribution in [2.24, 2.45) is 0 Å². The average Bonchev–Trinajstić information content (AvgIpc) is 2.42. The summed E-state index contributed by atoms with van der Waals surface area (Å²) in [5.41, 5.74) is 1.48. The fourth-order valence-corrected chi connectivity index (χ4v) is 1.71. The molecule has 2 aromatic rings. The zero-order valence-electron chi connectivity index (χ0n) is 9.82. The van der Waals surface area contributed by atoms with Crippen molar-refractivity contribution in [3.63, 3.8) is 0 Å². The van der Waals surface area contributed by atoms with Gasteiger partial charge < -0.3 is 0 Å². The van der Waals surface area contributed by atoms with Crippen LogP contribution in [0.15, 0.2) is 60.7 Å². The maximum atomic E-state index is 12.0.